The molecule has 1 aromatic rings. The van der Waals surface area contributed by atoms with Gasteiger partial charge in [-0.2, -0.15) is 5.10 Å². The Kier molecular flexibility index (Phi) is 3.09. The average molecular weight is 237 g/mol. The third kappa shape index (κ3) is 2.52. The number of rotatable bonds is 2. The Morgan fingerprint density at radius 1 is 1.56 bits per heavy atom. The van der Waals surface area contributed by atoms with E-state index in [0.717, 1.165) is 5.76 Å². The number of hydrogen-bond donors (Lipinski definition) is 1. The van der Waals surface area contributed by atoms with Gasteiger partial charge in [0.25, 0.3) is 0 Å². The van der Waals surface area contributed by atoms with E-state index >= 15 is 0 Å². The third-order valence-corrected chi connectivity index (χ3v) is 2.96. The highest BCUT2D eigenvalue weighted by Crippen LogP contribution is 2.18. The molecule has 0 spiro atoms. The SMILES string of the molecule is Cc1ccc(/C=N/N=C2\NC(=O)C(C)S2)o1. The minimum absolute atomic E-state index is 0.0345. The van der Waals surface area contributed by atoms with E-state index < -0.39 is 0 Å². The maximum atomic E-state index is 11.1. The van der Waals surface area contributed by atoms with Crippen molar-refractivity contribution in [1.29, 1.82) is 0 Å². The Balaban J connectivity index is 1.99. The molecule has 1 aliphatic heterocycles. The summed E-state index contributed by atoms with van der Waals surface area (Å²) in [5.41, 5.74) is 0. The highest BCUT2D eigenvalue weighted by Gasteiger charge is 2.25. The van der Waals surface area contributed by atoms with Gasteiger partial charge in [0.05, 0.1) is 11.5 Å². The molecular formula is C10H11N3O2S. The molecule has 6 heteroatoms. The van der Waals surface area contributed by atoms with E-state index in [9.17, 15) is 4.79 Å². The molecular weight excluding hydrogens is 226 g/mol. The van der Waals surface area contributed by atoms with Crippen LogP contribution in [0.5, 0.6) is 0 Å². The van der Waals surface area contributed by atoms with Gasteiger partial charge < -0.3 is 9.73 Å². The summed E-state index contributed by atoms with van der Waals surface area (Å²) in [6, 6.07) is 3.66. The van der Waals surface area contributed by atoms with Gasteiger partial charge in [-0.15, -0.1) is 5.10 Å². The lowest BCUT2D eigenvalue weighted by molar-refractivity contribution is -0.118. The zero-order valence-electron chi connectivity index (χ0n) is 8.93. The van der Waals surface area contributed by atoms with Gasteiger partial charge in [-0.05, 0) is 26.0 Å². The molecule has 84 valence electrons. The summed E-state index contributed by atoms with van der Waals surface area (Å²) in [6.45, 7) is 3.68. The molecule has 0 saturated carbocycles. The van der Waals surface area contributed by atoms with Crippen LogP contribution < -0.4 is 5.32 Å². The molecule has 1 amide bonds. The minimum Gasteiger partial charge on any atom is -0.460 e. The summed E-state index contributed by atoms with van der Waals surface area (Å²) in [6.07, 6.45) is 1.51. The van der Waals surface area contributed by atoms with Gasteiger partial charge in [0.2, 0.25) is 5.91 Å². The second-order valence-corrected chi connectivity index (χ2v) is 4.68. The molecule has 1 saturated heterocycles. The lowest BCUT2D eigenvalue weighted by Gasteiger charge is -1.88. The second-order valence-electron chi connectivity index (χ2n) is 3.35. The molecule has 16 heavy (non-hydrogen) atoms. The van der Waals surface area contributed by atoms with E-state index in [-0.39, 0.29) is 11.2 Å². The first-order valence-electron chi connectivity index (χ1n) is 4.80. The van der Waals surface area contributed by atoms with Crippen LogP contribution in [0.3, 0.4) is 0 Å². The van der Waals surface area contributed by atoms with Gasteiger partial charge in [0.15, 0.2) is 5.17 Å². The van der Waals surface area contributed by atoms with Crippen molar-refractivity contribution in [3.63, 3.8) is 0 Å². The summed E-state index contributed by atoms with van der Waals surface area (Å²) >= 11 is 1.36. The number of furan rings is 1. The van der Waals surface area contributed by atoms with Gasteiger partial charge in [0.1, 0.15) is 11.5 Å². The monoisotopic (exact) mass is 237 g/mol. The fourth-order valence-corrected chi connectivity index (χ4v) is 1.92. The second kappa shape index (κ2) is 4.52. The van der Waals surface area contributed by atoms with E-state index in [1.807, 2.05) is 26.0 Å². The molecule has 1 unspecified atom stereocenters. The normalized spacial score (nSPS) is 23.2. The van der Waals surface area contributed by atoms with Crippen molar-refractivity contribution in [2.24, 2.45) is 10.2 Å². The molecule has 2 rings (SSSR count). The Labute approximate surface area is 97.0 Å². The molecule has 1 aromatic heterocycles. The number of amides is 1. The number of hydrogen-bond acceptors (Lipinski definition) is 5. The summed E-state index contributed by atoms with van der Waals surface area (Å²) < 4.78 is 5.28. The van der Waals surface area contributed by atoms with Crippen molar-refractivity contribution in [2.75, 3.05) is 0 Å². The van der Waals surface area contributed by atoms with E-state index in [0.29, 0.717) is 10.9 Å². The van der Waals surface area contributed by atoms with Crippen molar-refractivity contribution in [1.82, 2.24) is 5.32 Å². The predicted octanol–water partition coefficient (Wildman–Crippen LogP) is 1.53. The number of nitrogens with zero attached hydrogens (tertiary/aromatic N) is 2. The summed E-state index contributed by atoms with van der Waals surface area (Å²) in [5, 5.41) is 10.8. The van der Waals surface area contributed by atoms with Crippen LogP contribution in [0.1, 0.15) is 18.4 Å². The molecule has 5 nitrogen and oxygen atoms in total. The average Bonchev–Trinajstić information content (AvgIpc) is 2.75. The lowest BCUT2D eigenvalue weighted by Crippen LogP contribution is -2.23. The standard InChI is InChI=1S/C10H11N3O2S/c1-6-3-4-8(15-6)5-11-13-10-12-9(14)7(2)16-10/h3-5,7H,1-2H3,(H,12,13,14)/b11-5+. The van der Waals surface area contributed by atoms with Crippen LogP contribution in [0.2, 0.25) is 0 Å². The molecule has 1 atom stereocenters. The van der Waals surface area contributed by atoms with Crippen molar-refractivity contribution >= 4 is 29.1 Å². The first kappa shape index (κ1) is 10.9. The number of aryl methyl sites for hydroxylation is 1. The lowest BCUT2D eigenvalue weighted by atomic mass is 10.4. The Morgan fingerprint density at radius 2 is 2.38 bits per heavy atom. The van der Waals surface area contributed by atoms with Gasteiger partial charge in [0, 0.05) is 0 Å². The van der Waals surface area contributed by atoms with E-state index in [1.54, 1.807) is 0 Å². The maximum Gasteiger partial charge on any atom is 0.239 e. The van der Waals surface area contributed by atoms with E-state index in [1.165, 1.54) is 18.0 Å². The van der Waals surface area contributed by atoms with Gasteiger partial charge in [-0.1, -0.05) is 11.8 Å². The Bertz CT molecular complexity index is 464. The van der Waals surface area contributed by atoms with Crippen molar-refractivity contribution in [3.8, 4) is 0 Å². The van der Waals surface area contributed by atoms with Crippen LogP contribution in [0.15, 0.2) is 26.8 Å². The highest BCUT2D eigenvalue weighted by molar-refractivity contribution is 8.15. The molecule has 1 aliphatic rings. The third-order valence-electron chi connectivity index (χ3n) is 1.98. The molecule has 0 radical (unpaired) electrons. The fraction of sp³-hybridized carbons (Fsp3) is 0.300. The molecule has 0 bridgehead atoms. The number of carbonyl (C=O) groups excluding carboxylic acids is 1. The molecule has 1 fully saturated rings. The molecule has 2 heterocycles. The predicted molar refractivity (Wildman–Crippen MR) is 63.7 cm³/mol. The highest BCUT2D eigenvalue weighted by atomic mass is 32.2. The van der Waals surface area contributed by atoms with Gasteiger partial charge in [-0.3, -0.25) is 4.79 Å². The van der Waals surface area contributed by atoms with Gasteiger partial charge in [-0.25, -0.2) is 0 Å². The first-order chi connectivity index (χ1) is 7.65. The van der Waals surface area contributed by atoms with Crippen LogP contribution in [0, 0.1) is 6.92 Å². The molecule has 1 N–H and O–H groups in total. The molecule has 0 aromatic carbocycles. The Morgan fingerprint density at radius 3 is 2.94 bits per heavy atom. The van der Waals surface area contributed by atoms with Crippen LogP contribution in [-0.4, -0.2) is 22.5 Å². The summed E-state index contributed by atoms with van der Waals surface area (Å²) in [4.78, 5) is 11.1. The molecule has 0 aliphatic carbocycles. The van der Waals surface area contributed by atoms with Crippen LogP contribution in [0.25, 0.3) is 0 Å². The number of carbonyl (C=O) groups is 1. The number of nitrogens with one attached hydrogen (secondary N) is 1. The zero-order valence-corrected chi connectivity index (χ0v) is 9.75. The van der Waals surface area contributed by atoms with Crippen molar-refractivity contribution < 1.29 is 9.21 Å². The maximum absolute atomic E-state index is 11.1. The van der Waals surface area contributed by atoms with E-state index in [2.05, 4.69) is 15.5 Å². The quantitative estimate of drug-likeness (QED) is 0.626. The van der Waals surface area contributed by atoms with Crippen molar-refractivity contribution in [3.05, 3.63) is 23.7 Å². The smallest absolute Gasteiger partial charge is 0.239 e. The van der Waals surface area contributed by atoms with Crippen LogP contribution >= 0.6 is 11.8 Å². The van der Waals surface area contributed by atoms with Gasteiger partial charge >= 0.3 is 0 Å². The first-order valence-corrected chi connectivity index (χ1v) is 5.68. The Hall–Kier alpha value is -1.56. The number of thioether (sulfide) groups is 1. The van der Waals surface area contributed by atoms with Crippen LogP contribution in [0.4, 0.5) is 0 Å². The van der Waals surface area contributed by atoms with E-state index in [4.69, 9.17) is 4.42 Å². The topological polar surface area (TPSA) is 67.0 Å². The fourth-order valence-electron chi connectivity index (χ4n) is 1.17. The number of amidine groups is 1. The summed E-state index contributed by atoms with van der Waals surface area (Å²) in [7, 11) is 0. The van der Waals surface area contributed by atoms with Crippen LogP contribution in [-0.2, 0) is 4.79 Å². The summed E-state index contributed by atoms with van der Waals surface area (Å²) in [5.74, 6) is 1.43. The largest absolute Gasteiger partial charge is 0.460 e. The minimum atomic E-state index is -0.0974. The zero-order chi connectivity index (χ0) is 11.5. The van der Waals surface area contributed by atoms with Crippen molar-refractivity contribution in [2.45, 2.75) is 19.1 Å².